The van der Waals surface area contributed by atoms with Gasteiger partial charge in [0.25, 0.3) is 0 Å². The Morgan fingerprint density at radius 1 is 1.12 bits per heavy atom. The van der Waals surface area contributed by atoms with E-state index in [1.165, 1.54) is 38.5 Å². The van der Waals surface area contributed by atoms with E-state index in [2.05, 4.69) is 35.6 Å². The van der Waals surface area contributed by atoms with Crippen LogP contribution in [0.2, 0.25) is 19.6 Å². The molecule has 0 aromatic heterocycles. The van der Waals surface area contributed by atoms with Crippen molar-refractivity contribution in [1.82, 2.24) is 0 Å². The molecule has 94 valence electrons. The largest absolute Gasteiger partial charge is 0.374 e. The van der Waals surface area contributed by atoms with Crippen LogP contribution in [0.4, 0.5) is 0 Å². The molecule has 16 heavy (non-hydrogen) atoms. The molecule has 2 fully saturated rings. The predicted molar refractivity (Wildman–Crippen MR) is 75.9 cm³/mol. The Kier molecular flexibility index (Phi) is 4.18. The van der Waals surface area contributed by atoms with Crippen LogP contribution in [-0.4, -0.2) is 24.7 Å². The summed E-state index contributed by atoms with van der Waals surface area (Å²) in [5.41, 5.74) is 0. The van der Waals surface area contributed by atoms with Crippen molar-refractivity contribution in [2.75, 3.05) is 0 Å². The van der Waals surface area contributed by atoms with Gasteiger partial charge in [-0.2, -0.15) is 0 Å². The third-order valence-corrected chi connectivity index (χ3v) is 10.9. The summed E-state index contributed by atoms with van der Waals surface area (Å²) >= 11 is 3.86. The fourth-order valence-electron chi connectivity index (χ4n) is 3.00. The van der Waals surface area contributed by atoms with Gasteiger partial charge < -0.3 is 4.74 Å². The van der Waals surface area contributed by atoms with Gasteiger partial charge in [0.1, 0.15) is 0 Å². The van der Waals surface area contributed by atoms with Gasteiger partial charge in [0.15, 0.2) is 0 Å². The summed E-state index contributed by atoms with van der Waals surface area (Å²) < 4.78 is 6.79. The number of halogens is 1. The second-order valence-electron chi connectivity index (χ2n) is 6.61. The van der Waals surface area contributed by atoms with Crippen LogP contribution in [0.15, 0.2) is 0 Å². The van der Waals surface area contributed by atoms with Crippen LogP contribution in [0.3, 0.4) is 0 Å². The number of hydrogen-bond acceptors (Lipinski definition) is 1. The van der Waals surface area contributed by atoms with Crippen molar-refractivity contribution < 1.29 is 4.74 Å². The smallest absolute Gasteiger partial charge is 0.0703 e. The second-order valence-corrected chi connectivity index (χ2v) is 13.8. The zero-order valence-corrected chi connectivity index (χ0v) is 13.4. The van der Waals surface area contributed by atoms with E-state index in [1.54, 1.807) is 0 Å². The molecule has 1 heterocycles. The van der Waals surface area contributed by atoms with E-state index >= 15 is 0 Å². The maximum Gasteiger partial charge on any atom is 0.0703 e. The van der Waals surface area contributed by atoms with Crippen molar-refractivity contribution in [1.29, 1.82) is 0 Å². The van der Waals surface area contributed by atoms with Crippen LogP contribution in [0, 0.1) is 5.92 Å². The van der Waals surface area contributed by atoms with Gasteiger partial charge in [0, 0.05) is 10.9 Å². The van der Waals surface area contributed by atoms with Gasteiger partial charge in [-0.15, -0.1) is 0 Å². The molecule has 2 aliphatic rings. The summed E-state index contributed by atoms with van der Waals surface area (Å²) in [6.07, 6.45) is 9.56. The molecule has 0 radical (unpaired) electrons. The SMILES string of the molecule is C[Si](C)(C)C(Br)C1CC(C2CCCCC2)O1. The quantitative estimate of drug-likeness (QED) is 0.556. The first-order chi connectivity index (χ1) is 7.48. The maximum atomic E-state index is 6.15. The minimum atomic E-state index is -1.08. The van der Waals surface area contributed by atoms with Crippen LogP contribution < -0.4 is 0 Å². The van der Waals surface area contributed by atoms with Crippen molar-refractivity contribution >= 4 is 24.0 Å². The van der Waals surface area contributed by atoms with Crippen molar-refractivity contribution in [3.05, 3.63) is 0 Å². The first-order valence-electron chi connectivity index (χ1n) is 6.78. The predicted octanol–water partition coefficient (Wildman–Crippen LogP) is 4.37. The van der Waals surface area contributed by atoms with Gasteiger partial charge in [-0.05, 0) is 18.8 Å². The Morgan fingerprint density at radius 2 is 1.69 bits per heavy atom. The number of alkyl halides is 1. The van der Waals surface area contributed by atoms with Gasteiger partial charge >= 0.3 is 0 Å². The molecule has 3 atom stereocenters. The van der Waals surface area contributed by atoms with Crippen molar-refractivity contribution in [3.63, 3.8) is 0 Å². The molecule has 0 spiro atoms. The fourth-order valence-corrected chi connectivity index (χ4v) is 4.67. The molecule has 3 heteroatoms. The first-order valence-corrected chi connectivity index (χ1v) is 11.3. The summed E-state index contributed by atoms with van der Waals surface area (Å²) in [6, 6.07) is 0. The van der Waals surface area contributed by atoms with Gasteiger partial charge in [-0.3, -0.25) is 0 Å². The summed E-state index contributed by atoms with van der Waals surface area (Å²) in [5, 5.41) is 0. The highest BCUT2D eigenvalue weighted by Crippen LogP contribution is 2.40. The van der Waals surface area contributed by atoms with Crippen LogP contribution in [0.5, 0.6) is 0 Å². The minimum Gasteiger partial charge on any atom is -0.374 e. The van der Waals surface area contributed by atoms with E-state index in [0.29, 0.717) is 16.7 Å². The lowest BCUT2D eigenvalue weighted by molar-refractivity contribution is -0.148. The molecule has 1 saturated carbocycles. The average Bonchev–Trinajstić information content (AvgIpc) is 2.15. The fraction of sp³-hybridized carbons (Fsp3) is 1.00. The van der Waals surface area contributed by atoms with E-state index < -0.39 is 8.07 Å². The number of hydrogen-bond donors (Lipinski definition) is 0. The lowest BCUT2D eigenvalue weighted by Gasteiger charge is -2.46. The molecule has 3 unspecified atom stereocenters. The molecule has 1 nitrogen and oxygen atoms in total. The highest BCUT2D eigenvalue weighted by molar-refractivity contribution is 9.10. The zero-order valence-electron chi connectivity index (χ0n) is 10.8. The van der Waals surface area contributed by atoms with E-state index in [9.17, 15) is 0 Å². The molecular formula is C13H25BrOSi. The molecule has 0 aromatic rings. The standard InChI is InChI=1S/C13H25BrOSi/c1-16(2,3)13(14)12-9-11(15-12)10-7-5-4-6-8-10/h10-13H,4-9H2,1-3H3. The van der Waals surface area contributed by atoms with Crippen molar-refractivity contribution in [2.24, 2.45) is 5.92 Å². The Balaban J connectivity index is 1.76. The normalized spacial score (nSPS) is 34.5. The average molecular weight is 305 g/mol. The van der Waals surface area contributed by atoms with Gasteiger partial charge in [0.2, 0.25) is 0 Å². The van der Waals surface area contributed by atoms with Crippen molar-refractivity contribution in [3.8, 4) is 0 Å². The monoisotopic (exact) mass is 304 g/mol. The summed E-state index contributed by atoms with van der Waals surface area (Å²) in [6.45, 7) is 7.26. The van der Waals surface area contributed by atoms with Crippen molar-refractivity contribution in [2.45, 2.75) is 74.8 Å². The summed E-state index contributed by atoms with van der Waals surface area (Å²) in [4.78, 5) is 0. The third-order valence-electron chi connectivity index (χ3n) is 4.14. The number of ether oxygens (including phenoxy) is 1. The lowest BCUT2D eigenvalue weighted by atomic mass is 9.81. The van der Waals surface area contributed by atoms with E-state index in [1.807, 2.05) is 0 Å². The Labute approximate surface area is 109 Å². The molecule has 2 rings (SSSR count). The Hall–Kier alpha value is 0.657. The highest BCUT2D eigenvalue weighted by Gasteiger charge is 2.43. The molecule has 1 saturated heterocycles. The molecular weight excluding hydrogens is 280 g/mol. The van der Waals surface area contributed by atoms with Crippen LogP contribution in [-0.2, 0) is 4.74 Å². The molecule has 0 amide bonds. The summed E-state index contributed by atoms with van der Waals surface area (Å²) in [7, 11) is -1.08. The maximum absolute atomic E-state index is 6.15. The van der Waals surface area contributed by atoms with Gasteiger partial charge in [-0.25, -0.2) is 0 Å². The van der Waals surface area contributed by atoms with Crippen LogP contribution >= 0.6 is 15.9 Å². The molecule has 0 N–H and O–H groups in total. The third kappa shape index (κ3) is 2.91. The van der Waals surface area contributed by atoms with E-state index in [0.717, 1.165) is 5.92 Å². The second kappa shape index (κ2) is 5.11. The first kappa shape index (κ1) is 13.1. The number of rotatable bonds is 3. The zero-order chi connectivity index (χ0) is 11.8. The lowest BCUT2D eigenvalue weighted by Crippen LogP contribution is -2.54. The van der Waals surface area contributed by atoms with Crippen LogP contribution in [0.1, 0.15) is 38.5 Å². The van der Waals surface area contributed by atoms with Gasteiger partial charge in [-0.1, -0.05) is 54.8 Å². The van der Waals surface area contributed by atoms with Crippen LogP contribution in [0.25, 0.3) is 0 Å². The Bertz CT molecular complexity index is 227. The molecule has 0 aromatic carbocycles. The highest BCUT2D eigenvalue weighted by atomic mass is 79.9. The Morgan fingerprint density at radius 3 is 2.19 bits per heavy atom. The molecule has 0 bridgehead atoms. The molecule has 1 aliphatic carbocycles. The van der Waals surface area contributed by atoms with E-state index in [4.69, 9.17) is 4.74 Å². The molecule has 1 aliphatic heterocycles. The minimum absolute atomic E-state index is 0.513. The van der Waals surface area contributed by atoms with Gasteiger partial charge in [0.05, 0.1) is 20.3 Å². The van der Waals surface area contributed by atoms with E-state index in [-0.39, 0.29) is 0 Å². The topological polar surface area (TPSA) is 9.23 Å². The summed E-state index contributed by atoms with van der Waals surface area (Å²) in [5.74, 6) is 0.881.